The third kappa shape index (κ3) is 5.81. The van der Waals surface area contributed by atoms with E-state index in [1.807, 2.05) is 26.8 Å². The second-order valence-electron chi connectivity index (χ2n) is 8.84. The summed E-state index contributed by atoms with van der Waals surface area (Å²) in [4.78, 5) is 28.1. The van der Waals surface area contributed by atoms with Crippen LogP contribution in [0.4, 0.5) is 10.6 Å². The van der Waals surface area contributed by atoms with Crippen molar-refractivity contribution in [1.29, 1.82) is 0 Å². The topological polar surface area (TPSA) is 87.7 Å². The predicted molar refractivity (Wildman–Crippen MR) is 106 cm³/mol. The molecule has 1 N–H and O–H groups in total. The maximum Gasteiger partial charge on any atom is 0.410 e. The van der Waals surface area contributed by atoms with Crippen LogP contribution in [-0.4, -0.2) is 65.4 Å². The number of anilines is 1. The highest BCUT2D eigenvalue weighted by Crippen LogP contribution is 2.23. The number of ether oxygens (including phenoxy) is 1. The van der Waals surface area contributed by atoms with Crippen LogP contribution in [0.25, 0.3) is 0 Å². The van der Waals surface area contributed by atoms with Crippen molar-refractivity contribution in [3.63, 3.8) is 0 Å². The third-order valence-electron chi connectivity index (χ3n) is 4.88. The average Bonchev–Trinajstić information content (AvgIpc) is 3.44. The van der Waals surface area contributed by atoms with Gasteiger partial charge in [-0.2, -0.15) is 0 Å². The third-order valence-corrected chi connectivity index (χ3v) is 4.88. The van der Waals surface area contributed by atoms with Gasteiger partial charge in [0.25, 0.3) is 5.91 Å². The number of rotatable bonds is 5. The molecule has 2 aliphatic rings. The second kappa shape index (κ2) is 8.32. The number of nitrogens with one attached hydrogen (secondary N) is 1. The molecule has 1 aliphatic carbocycles. The molecule has 28 heavy (non-hydrogen) atoms. The molecule has 1 saturated heterocycles. The number of piperidine rings is 1. The molecule has 1 atom stereocenters. The van der Waals surface area contributed by atoms with Gasteiger partial charge in [-0.25, -0.2) is 4.79 Å². The van der Waals surface area contributed by atoms with Gasteiger partial charge in [0.1, 0.15) is 5.60 Å². The van der Waals surface area contributed by atoms with Gasteiger partial charge in [0.05, 0.1) is 0 Å². The molecular weight excluding hydrogens is 358 g/mol. The van der Waals surface area contributed by atoms with Crippen LogP contribution in [0, 0.1) is 5.92 Å². The van der Waals surface area contributed by atoms with Crippen molar-refractivity contribution in [2.45, 2.75) is 58.1 Å². The van der Waals surface area contributed by atoms with Gasteiger partial charge in [-0.3, -0.25) is 4.79 Å². The molecule has 0 radical (unpaired) electrons. The van der Waals surface area contributed by atoms with E-state index in [4.69, 9.17) is 4.74 Å². The van der Waals surface area contributed by atoms with Crippen LogP contribution in [-0.2, 0) is 4.74 Å². The highest BCUT2D eigenvalue weighted by atomic mass is 16.6. The SMILES string of the molecule is CN(CC1CCCN(c2ccc(C(=O)NC3CC3)nn2)C1)C(=O)OC(C)(C)C. The average molecular weight is 390 g/mol. The smallest absolute Gasteiger partial charge is 0.410 e. The quantitative estimate of drug-likeness (QED) is 0.832. The van der Waals surface area contributed by atoms with Crippen molar-refractivity contribution in [2.24, 2.45) is 5.92 Å². The number of aromatic nitrogens is 2. The zero-order valence-corrected chi connectivity index (χ0v) is 17.3. The lowest BCUT2D eigenvalue weighted by molar-refractivity contribution is 0.0269. The first-order valence-electron chi connectivity index (χ1n) is 10.0. The van der Waals surface area contributed by atoms with Crippen molar-refractivity contribution < 1.29 is 14.3 Å². The van der Waals surface area contributed by atoms with E-state index < -0.39 is 5.60 Å². The van der Waals surface area contributed by atoms with Crippen LogP contribution in [0.3, 0.4) is 0 Å². The molecule has 0 spiro atoms. The molecule has 0 bridgehead atoms. The van der Waals surface area contributed by atoms with Crippen LogP contribution in [0.5, 0.6) is 0 Å². The summed E-state index contributed by atoms with van der Waals surface area (Å²) in [5.41, 5.74) is -0.138. The van der Waals surface area contributed by atoms with Crippen molar-refractivity contribution in [2.75, 3.05) is 31.6 Å². The summed E-state index contributed by atoms with van der Waals surface area (Å²) in [6.45, 7) is 7.95. The van der Waals surface area contributed by atoms with Gasteiger partial charge in [0.2, 0.25) is 0 Å². The molecule has 2 fully saturated rings. The summed E-state index contributed by atoms with van der Waals surface area (Å²) in [6.07, 6.45) is 3.88. The van der Waals surface area contributed by atoms with E-state index in [1.54, 1.807) is 18.0 Å². The van der Waals surface area contributed by atoms with E-state index in [2.05, 4.69) is 20.4 Å². The first-order chi connectivity index (χ1) is 13.2. The van der Waals surface area contributed by atoms with E-state index in [0.717, 1.165) is 44.6 Å². The Balaban J connectivity index is 1.54. The number of nitrogens with zero attached hydrogens (tertiary/aromatic N) is 4. The Labute approximate surface area is 166 Å². The molecule has 2 amide bonds. The maximum atomic E-state index is 12.2. The lowest BCUT2D eigenvalue weighted by atomic mass is 9.97. The van der Waals surface area contributed by atoms with Crippen LogP contribution >= 0.6 is 0 Å². The van der Waals surface area contributed by atoms with Crippen LogP contribution in [0.15, 0.2) is 12.1 Å². The fourth-order valence-electron chi connectivity index (χ4n) is 3.33. The fourth-order valence-corrected chi connectivity index (χ4v) is 3.33. The zero-order valence-electron chi connectivity index (χ0n) is 17.3. The van der Waals surface area contributed by atoms with E-state index in [1.165, 1.54) is 0 Å². The first kappa shape index (κ1) is 20.4. The molecular formula is C20H31N5O3. The molecule has 154 valence electrons. The van der Waals surface area contributed by atoms with Gasteiger partial charge in [0, 0.05) is 32.7 Å². The van der Waals surface area contributed by atoms with Crippen molar-refractivity contribution in [3.05, 3.63) is 17.8 Å². The minimum Gasteiger partial charge on any atom is -0.444 e. The lowest BCUT2D eigenvalue weighted by Crippen LogP contribution is -2.43. The molecule has 1 unspecified atom stereocenters. The summed E-state index contributed by atoms with van der Waals surface area (Å²) in [5, 5.41) is 11.3. The minimum atomic E-state index is -0.493. The van der Waals surface area contributed by atoms with E-state index >= 15 is 0 Å². The Kier molecular flexibility index (Phi) is 6.05. The number of hydrogen-bond donors (Lipinski definition) is 1. The van der Waals surface area contributed by atoms with Crippen molar-refractivity contribution >= 4 is 17.8 Å². The number of carbonyl (C=O) groups excluding carboxylic acids is 2. The number of carbonyl (C=O) groups is 2. The number of hydrogen-bond acceptors (Lipinski definition) is 6. The summed E-state index contributed by atoms with van der Waals surface area (Å²) in [7, 11) is 1.78. The molecule has 3 rings (SSSR count). The summed E-state index contributed by atoms with van der Waals surface area (Å²) >= 11 is 0. The Bertz CT molecular complexity index is 697. The summed E-state index contributed by atoms with van der Waals surface area (Å²) in [6, 6.07) is 3.89. The molecule has 8 nitrogen and oxygen atoms in total. The molecule has 2 heterocycles. The standard InChI is InChI=1S/C20H31N5O3/c1-20(2,3)28-19(27)24(4)12-14-6-5-11-25(13-14)17-10-9-16(22-23-17)18(26)21-15-7-8-15/h9-10,14-15H,5-8,11-13H2,1-4H3,(H,21,26). The molecule has 8 heteroatoms. The van der Waals surface area contributed by atoms with E-state index in [9.17, 15) is 9.59 Å². The lowest BCUT2D eigenvalue weighted by Gasteiger charge is -2.35. The van der Waals surface area contributed by atoms with Crippen molar-refractivity contribution in [3.8, 4) is 0 Å². The second-order valence-corrected chi connectivity index (χ2v) is 8.84. The largest absolute Gasteiger partial charge is 0.444 e. The maximum absolute atomic E-state index is 12.2. The van der Waals surface area contributed by atoms with Crippen LogP contribution in [0.2, 0.25) is 0 Å². The zero-order chi connectivity index (χ0) is 20.3. The molecule has 1 aromatic heterocycles. The molecule has 0 aromatic carbocycles. The Hall–Kier alpha value is -2.38. The number of amides is 2. The monoisotopic (exact) mass is 389 g/mol. The van der Waals surface area contributed by atoms with Gasteiger partial charge >= 0.3 is 6.09 Å². The van der Waals surface area contributed by atoms with Crippen LogP contribution in [0.1, 0.15) is 56.9 Å². The summed E-state index contributed by atoms with van der Waals surface area (Å²) in [5.74, 6) is 0.954. The summed E-state index contributed by atoms with van der Waals surface area (Å²) < 4.78 is 5.43. The molecule has 1 aromatic rings. The highest BCUT2D eigenvalue weighted by Gasteiger charge is 2.27. The predicted octanol–water partition coefficient (Wildman–Crippen LogP) is 2.45. The van der Waals surface area contributed by atoms with Gasteiger partial charge in [0.15, 0.2) is 11.5 Å². The Morgan fingerprint density at radius 1 is 1.25 bits per heavy atom. The minimum absolute atomic E-state index is 0.156. The van der Waals surface area contributed by atoms with Gasteiger partial charge in [-0.1, -0.05) is 0 Å². The van der Waals surface area contributed by atoms with Crippen molar-refractivity contribution in [1.82, 2.24) is 20.4 Å². The van der Waals surface area contributed by atoms with Gasteiger partial charge in [-0.15, -0.1) is 10.2 Å². The Morgan fingerprint density at radius 2 is 2.00 bits per heavy atom. The van der Waals surface area contributed by atoms with Gasteiger partial charge in [-0.05, 0) is 64.5 Å². The molecule has 1 saturated carbocycles. The van der Waals surface area contributed by atoms with Crippen LogP contribution < -0.4 is 10.2 Å². The van der Waals surface area contributed by atoms with E-state index in [0.29, 0.717) is 24.2 Å². The highest BCUT2D eigenvalue weighted by molar-refractivity contribution is 5.92. The molecule has 1 aliphatic heterocycles. The normalized spacial score (nSPS) is 19.9. The fraction of sp³-hybridized carbons (Fsp3) is 0.700. The first-order valence-corrected chi connectivity index (χ1v) is 10.0. The van der Waals surface area contributed by atoms with E-state index in [-0.39, 0.29) is 12.0 Å². The Morgan fingerprint density at radius 3 is 2.61 bits per heavy atom. The van der Waals surface area contributed by atoms with Gasteiger partial charge < -0.3 is 19.9 Å².